The second-order valence-corrected chi connectivity index (χ2v) is 6.91. The Morgan fingerprint density at radius 3 is 1.37 bits per heavy atom. The molecular weight excluding hydrogens is 335 g/mol. The van der Waals surface area contributed by atoms with Gasteiger partial charge in [-0.1, -0.05) is 72.4 Å². The SMILES string of the molecule is CCCCc1ccc(B([O-])[O-])cc1.CCC[NH2+]CCC.CCC[NH2+]CCC. The largest absolute Gasteiger partial charge is 0.889 e. The Morgan fingerprint density at radius 1 is 0.667 bits per heavy atom. The molecule has 0 radical (unpaired) electrons. The lowest BCUT2D eigenvalue weighted by Gasteiger charge is -2.26. The van der Waals surface area contributed by atoms with Gasteiger partial charge in [0.2, 0.25) is 0 Å². The molecule has 4 nitrogen and oxygen atoms in total. The average Bonchev–Trinajstić information content (AvgIpc) is 2.68. The Balaban J connectivity index is 0. The van der Waals surface area contributed by atoms with Crippen LogP contribution in [0.5, 0.6) is 0 Å². The lowest BCUT2D eigenvalue weighted by Crippen LogP contribution is -2.84. The number of benzene rings is 1. The van der Waals surface area contributed by atoms with Gasteiger partial charge in [0, 0.05) is 0 Å². The molecule has 0 saturated heterocycles. The zero-order valence-electron chi connectivity index (χ0n) is 18.6. The fourth-order valence-electron chi connectivity index (χ4n) is 2.33. The quantitative estimate of drug-likeness (QED) is 0.401. The highest BCUT2D eigenvalue weighted by Gasteiger charge is 1.92. The van der Waals surface area contributed by atoms with Gasteiger partial charge in [0.15, 0.2) is 0 Å². The molecule has 0 aliphatic heterocycles. The van der Waals surface area contributed by atoms with Crippen molar-refractivity contribution in [2.75, 3.05) is 26.2 Å². The summed E-state index contributed by atoms with van der Waals surface area (Å²) >= 11 is 0. The molecule has 0 bridgehead atoms. The molecule has 0 amide bonds. The van der Waals surface area contributed by atoms with Crippen LogP contribution in [0, 0.1) is 0 Å². The molecule has 5 heteroatoms. The van der Waals surface area contributed by atoms with Crippen LogP contribution < -0.4 is 26.1 Å². The third kappa shape index (κ3) is 21.3. The van der Waals surface area contributed by atoms with E-state index in [0.717, 1.165) is 19.3 Å². The van der Waals surface area contributed by atoms with Crippen LogP contribution in [0.1, 0.15) is 78.7 Å². The highest BCUT2D eigenvalue weighted by atomic mass is 16.4. The van der Waals surface area contributed by atoms with Crippen molar-refractivity contribution >= 4 is 12.6 Å². The van der Waals surface area contributed by atoms with Gasteiger partial charge in [-0.15, -0.1) is 5.46 Å². The van der Waals surface area contributed by atoms with E-state index < -0.39 is 7.12 Å². The van der Waals surface area contributed by atoms with Crippen molar-refractivity contribution in [2.45, 2.75) is 79.6 Å². The predicted octanol–water partition coefficient (Wildman–Crippen LogP) is 0.185. The van der Waals surface area contributed by atoms with Crippen LogP contribution in [-0.4, -0.2) is 33.3 Å². The molecule has 27 heavy (non-hydrogen) atoms. The number of unbranched alkanes of at least 4 members (excludes halogenated alkanes) is 1. The third-order valence-electron chi connectivity index (χ3n) is 4.04. The highest BCUT2D eigenvalue weighted by molar-refractivity contribution is 6.55. The van der Waals surface area contributed by atoms with E-state index in [1.807, 2.05) is 12.1 Å². The average molecular weight is 380 g/mol. The van der Waals surface area contributed by atoms with Gasteiger partial charge in [0.25, 0.3) is 0 Å². The molecule has 0 fully saturated rings. The lowest BCUT2D eigenvalue weighted by molar-refractivity contribution is -0.654. The van der Waals surface area contributed by atoms with E-state index >= 15 is 0 Å². The van der Waals surface area contributed by atoms with Crippen LogP contribution in [0.15, 0.2) is 24.3 Å². The molecule has 0 aliphatic rings. The predicted molar refractivity (Wildman–Crippen MR) is 115 cm³/mol. The van der Waals surface area contributed by atoms with Gasteiger partial charge in [-0.05, 0) is 44.1 Å². The zero-order valence-corrected chi connectivity index (χ0v) is 18.6. The second-order valence-electron chi connectivity index (χ2n) is 6.91. The Morgan fingerprint density at radius 2 is 1.07 bits per heavy atom. The molecule has 0 aromatic heterocycles. The number of quaternary nitrogens is 2. The highest BCUT2D eigenvalue weighted by Crippen LogP contribution is 2.02. The minimum absolute atomic E-state index is 0.334. The summed E-state index contributed by atoms with van der Waals surface area (Å²) in [5.41, 5.74) is 1.53. The summed E-state index contributed by atoms with van der Waals surface area (Å²) < 4.78 is 0. The first-order valence-corrected chi connectivity index (χ1v) is 11.1. The van der Waals surface area contributed by atoms with Crippen molar-refractivity contribution in [3.63, 3.8) is 0 Å². The summed E-state index contributed by atoms with van der Waals surface area (Å²) in [5, 5.41) is 25.7. The monoisotopic (exact) mass is 380 g/mol. The standard InChI is InChI=1S/C10H13BO2.2C6H15N/c1-2-3-4-9-5-7-10(8-6-9)11(12)13;2*1-3-5-7-6-4-2/h5-8H,2-4H2,1H3;2*7H,3-6H2,1-2H3/q-2;;/p+2. The number of nitrogens with two attached hydrogens (primary N) is 2. The van der Waals surface area contributed by atoms with E-state index in [1.54, 1.807) is 12.1 Å². The summed E-state index contributed by atoms with van der Waals surface area (Å²) in [6.45, 7) is 16.2. The third-order valence-corrected chi connectivity index (χ3v) is 4.04. The number of rotatable bonds is 12. The van der Waals surface area contributed by atoms with Crippen molar-refractivity contribution in [1.29, 1.82) is 0 Å². The van der Waals surface area contributed by atoms with Gasteiger partial charge in [-0.3, -0.25) is 0 Å². The number of hydrogen-bond acceptors (Lipinski definition) is 2. The van der Waals surface area contributed by atoms with Gasteiger partial charge in [0.1, 0.15) is 0 Å². The molecule has 0 aliphatic carbocycles. The van der Waals surface area contributed by atoms with E-state index in [0.29, 0.717) is 5.46 Å². The Hall–Kier alpha value is -0.875. The van der Waals surface area contributed by atoms with E-state index in [1.165, 1.54) is 57.4 Å². The molecule has 1 rings (SSSR count). The Bertz CT molecular complexity index is 368. The summed E-state index contributed by atoms with van der Waals surface area (Å²) in [6.07, 6.45) is 8.56. The molecule has 0 heterocycles. The summed E-state index contributed by atoms with van der Waals surface area (Å²) in [4.78, 5) is 0. The van der Waals surface area contributed by atoms with Crippen LogP contribution in [0.3, 0.4) is 0 Å². The molecule has 4 N–H and O–H groups in total. The van der Waals surface area contributed by atoms with Gasteiger partial charge in [-0.25, -0.2) is 0 Å². The minimum atomic E-state index is -1.85. The number of hydrogen-bond donors (Lipinski definition) is 2. The van der Waals surface area contributed by atoms with Gasteiger partial charge in [-0.2, -0.15) is 0 Å². The first kappa shape index (κ1) is 28.3. The molecule has 0 saturated carbocycles. The number of aryl methyl sites for hydroxylation is 1. The van der Waals surface area contributed by atoms with Crippen LogP contribution in [0.2, 0.25) is 0 Å². The maximum absolute atomic E-state index is 10.5. The smallest absolute Gasteiger partial charge is 0.0752 e. The first-order valence-electron chi connectivity index (χ1n) is 11.1. The van der Waals surface area contributed by atoms with Crippen molar-refractivity contribution in [1.82, 2.24) is 0 Å². The first-order chi connectivity index (χ1) is 13.1. The van der Waals surface area contributed by atoms with Crippen LogP contribution >= 0.6 is 0 Å². The summed E-state index contributed by atoms with van der Waals surface area (Å²) in [7, 11) is -1.85. The normalized spacial score (nSPS) is 9.74. The van der Waals surface area contributed by atoms with Gasteiger partial charge >= 0.3 is 0 Å². The van der Waals surface area contributed by atoms with Crippen LogP contribution in [-0.2, 0) is 6.42 Å². The molecule has 0 spiro atoms. The Labute approximate surface area is 169 Å². The second kappa shape index (κ2) is 23.2. The van der Waals surface area contributed by atoms with Gasteiger partial charge in [0.05, 0.1) is 26.2 Å². The van der Waals surface area contributed by atoms with Crippen molar-refractivity contribution in [2.24, 2.45) is 0 Å². The van der Waals surface area contributed by atoms with E-state index in [9.17, 15) is 10.0 Å². The molecular formula is C22H45BN2O2. The lowest BCUT2D eigenvalue weighted by atomic mass is 9.80. The summed E-state index contributed by atoms with van der Waals surface area (Å²) in [5.74, 6) is 0. The van der Waals surface area contributed by atoms with E-state index in [2.05, 4.69) is 45.3 Å². The fraction of sp³-hybridized carbons (Fsp3) is 0.727. The maximum Gasteiger partial charge on any atom is 0.0752 e. The molecule has 1 aromatic carbocycles. The van der Waals surface area contributed by atoms with Crippen molar-refractivity contribution in [3.05, 3.63) is 29.8 Å². The fourth-order valence-corrected chi connectivity index (χ4v) is 2.33. The van der Waals surface area contributed by atoms with E-state index in [4.69, 9.17) is 0 Å². The van der Waals surface area contributed by atoms with E-state index in [-0.39, 0.29) is 0 Å². The van der Waals surface area contributed by atoms with Crippen molar-refractivity contribution < 1.29 is 20.7 Å². The topological polar surface area (TPSA) is 79.3 Å². The summed E-state index contributed by atoms with van der Waals surface area (Å²) in [6, 6.07) is 7.01. The van der Waals surface area contributed by atoms with Crippen LogP contribution in [0.4, 0.5) is 0 Å². The maximum atomic E-state index is 10.5. The Kier molecular flexibility index (Phi) is 24.3. The molecule has 1 aromatic rings. The minimum Gasteiger partial charge on any atom is -0.889 e. The van der Waals surface area contributed by atoms with Crippen LogP contribution in [0.25, 0.3) is 0 Å². The molecule has 158 valence electrons. The zero-order chi connectivity index (χ0) is 20.8. The molecule has 0 atom stereocenters. The van der Waals surface area contributed by atoms with Crippen molar-refractivity contribution in [3.8, 4) is 0 Å². The van der Waals surface area contributed by atoms with Gasteiger partial charge < -0.3 is 20.7 Å². The molecule has 0 unspecified atom stereocenters.